The standard InChI is InChI=1S/C11H15N7O/c1-12-9-8-7(6-14-17-10(8)19)15-11(16-9)18-4-2-13-3-5-18/h6,13H,2-5H2,1H3,(H,17,19)(H,12,15,16). The van der Waals surface area contributed by atoms with Gasteiger partial charge in [-0.2, -0.15) is 10.1 Å². The summed E-state index contributed by atoms with van der Waals surface area (Å²) < 4.78 is 0. The van der Waals surface area contributed by atoms with Crippen molar-refractivity contribution in [1.82, 2.24) is 25.5 Å². The van der Waals surface area contributed by atoms with Crippen molar-refractivity contribution in [1.29, 1.82) is 0 Å². The predicted octanol–water partition coefficient (Wildman–Crippen LogP) is -0.836. The number of aromatic nitrogens is 4. The van der Waals surface area contributed by atoms with Gasteiger partial charge in [0.05, 0.1) is 6.20 Å². The van der Waals surface area contributed by atoms with Crippen LogP contribution in [0.2, 0.25) is 0 Å². The van der Waals surface area contributed by atoms with Gasteiger partial charge in [0, 0.05) is 33.2 Å². The Morgan fingerprint density at radius 3 is 2.84 bits per heavy atom. The molecule has 2 aromatic heterocycles. The lowest BCUT2D eigenvalue weighted by Gasteiger charge is -2.27. The molecule has 8 heteroatoms. The number of nitrogens with zero attached hydrogens (tertiary/aromatic N) is 4. The zero-order chi connectivity index (χ0) is 13.2. The van der Waals surface area contributed by atoms with Crippen molar-refractivity contribution in [2.75, 3.05) is 43.4 Å². The molecule has 1 fully saturated rings. The molecule has 0 spiro atoms. The van der Waals surface area contributed by atoms with Gasteiger partial charge in [0.2, 0.25) is 5.95 Å². The lowest BCUT2D eigenvalue weighted by Crippen LogP contribution is -2.44. The van der Waals surface area contributed by atoms with Crippen molar-refractivity contribution in [2.45, 2.75) is 0 Å². The van der Waals surface area contributed by atoms with Crippen LogP contribution in [0.1, 0.15) is 0 Å². The van der Waals surface area contributed by atoms with Crippen molar-refractivity contribution in [3.05, 3.63) is 16.6 Å². The van der Waals surface area contributed by atoms with E-state index in [9.17, 15) is 4.79 Å². The van der Waals surface area contributed by atoms with Gasteiger partial charge in [-0.1, -0.05) is 0 Å². The third kappa shape index (κ3) is 2.10. The Labute approximate surface area is 109 Å². The van der Waals surface area contributed by atoms with Gasteiger partial charge < -0.3 is 15.5 Å². The molecule has 2 aromatic rings. The fourth-order valence-corrected chi connectivity index (χ4v) is 2.18. The summed E-state index contributed by atoms with van der Waals surface area (Å²) in [5.74, 6) is 1.16. The lowest BCUT2D eigenvalue weighted by atomic mass is 10.3. The lowest BCUT2D eigenvalue weighted by molar-refractivity contribution is 0.580. The summed E-state index contributed by atoms with van der Waals surface area (Å²) in [5.41, 5.74) is 0.269. The number of nitrogens with one attached hydrogen (secondary N) is 3. The van der Waals surface area contributed by atoms with Gasteiger partial charge in [-0.05, 0) is 0 Å². The largest absolute Gasteiger partial charge is 0.372 e. The number of hydrogen-bond acceptors (Lipinski definition) is 7. The Bertz CT molecular complexity index is 647. The first-order chi connectivity index (χ1) is 9.29. The minimum Gasteiger partial charge on any atom is -0.372 e. The molecular formula is C11H15N7O. The highest BCUT2D eigenvalue weighted by molar-refractivity contribution is 5.88. The molecule has 19 heavy (non-hydrogen) atoms. The summed E-state index contributed by atoms with van der Waals surface area (Å²) >= 11 is 0. The third-order valence-corrected chi connectivity index (χ3v) is 3.14. The van der Waals surface area contributed by atoms with Crippen LogP contribution in [-0.4, -0.2) is 53.4 Å². The summed E-state index contributed by atoms with van der Waals surface area (Å²) in [6, 6.07) is 0. The average molecular weight is 261 g/mol. The zero-order valence-electron chi connectivity index (χ0n) is 10.6. The van der Waals surface area contributed by atoms with E-state index in [2.05, 4.69) is 35.7 Å². The van der Waals surface area contributed by atoms with Gasteiger partial charge in [0.25, 0.3) is 5.56 Å². The van der Waals surface area contributed by atoms with E-state index in [0.717, 1.165) is 26.2 Å². The molecule has 1 aliphatic rings. The fraction of sp³-hybridized carbons (Fsp3) is 0.455. The number of aromatic amines is 1. The Morgan fingerprint density at radius 2 is 2.11 bits per heavy atom. The van der Waals surface area contributed by atoms with Crippen LogP contribution < -0.4 is 21.1 Å². The molecule has 3 rings (SSSR count). The first kappa shape index (κ1) is 11.8. The van der Waals surface area contributed by atoms with Crippen molar-refractivity contribution in [2.24, 2.45) is 0 Å². The van der Waals surface area contributed by atoms with Crippen LogP contribution in [0.3, 0.4) is 0 Å². The molecule has 3 N–H and O–H groups in total. The summed E-state index contributed by atoms with van der Waals surface area (Å²) in [7, 11) is 1.74. The van der Waals surface area contributed by atoms with Crippen molar-refractivity contribution in [3.63, 3.8) is 0 Å². The van der Waals surface area contributed by atoms with Crippen molar-refractivity contribution in [3.8, 4) is 0 Å². The zero-order valence-corrected chi connectivity index (χ0v) is 10.6. The summed E-state index contributed by atoms with van der Waals surface area (Å²) in [5, 5.41) is 12.9. The van der Waals surface area contributed by atoms with Gasteiger partial charge in [-0.25, -0.2) is 10.1 Å². The normalized spacial score (nSPS) is 15.7. The smallest absolute Gasteiger partial charge is 0.277 e. The quantitative estimate of drug-likeness (QED) is 0.648. The van der Waals surface area contributed by atoms with Gasteiger partial charge in [-0.15, -0.1) is 0 Å². The van der Waals surface area contributed by atoms with Gasteiger partial charge in [-0.3, -0.25) is 4.79 Å². The second-order valence-corrected chi connectivity index (χ2v) is 4.32. The first-order valence-electron chi connectivity index (χ1n) is 6.18. The van der Waals surface area contributed by atoms with E-state index in [4.69, 9.17) is 0 Å². The topological polar surface area (TPSA) is 98.8 Å². The SMILES string of the molecule is CNc1nc(N2CCNCC2)nc2cn[nH]c(=O)c12. The molecule has 0 saturated carbocycles. The maximum Gasteiger partial charge on any atom is 0.277 e. The summed E-state index contributed by atoms with van der Waals surface area (Å²) in [6.45, 7) is 3.52. The predicted molar refractivity (Wildman–Crippen MR) is 72.6 cm³/mol. The molecule has 1 saturated heterocycles. The molecule has 0 bridgehead atoms. The first-order valence-corrected chi connectivity index (χ1v) is 6.18. The van der Waals surface area contributed by atoms with Crippen molar-refractivity contribution < 1.29 is 0 Å². The minimum absolute atomic E-state index is 0.284. The van der Waals surface area contributed by atoms with E-state index in [-0.39, 0.29) is 5.56 Å². The average Bonchev–Trinajstić information content (AvgIpc) is 2.47. The molecule has 0 aliphatic carbocycles. The Morgan fingerprint density at radius 1 is 1.32 bits per heavy atom. The number of piperazine rings is 1. The van der Waals surface area contributed by atoms with E-state index in [1.165, 1.54) is 0 Å². The molecule has 0 amide bonds. The molecular weight excluding hydrogens is 246 g/mol. The van der Waals surface area contributed by atoms with Crippen molar-refractivity contribution >= 4 is 22.7 Å². The fourth-order valence-electron chi connectivity index (χ4n) is 2.18. The minimum atomic E-state index is -0.284. The highest BCUT2D eigenvalue weighted by atomic mass is 16.1. The number of fused-ring (bicyclic) bond motifs is 1. The second kappa shape index (κ2) is 4.81. The second-order valence-electron chi connectivity index (χ2n) is 4.32. The van der Waals surface area contributed by atoms with Crippen LogP contribution in [0.5, 0.6) is 0 Å². The summed E-state index contributed by atoms with van der Waals surface area (Å²) in [4.78, 5) is 22.7. The van der Waals surface area contributed by atoms with E-state index in [1.54, 1.807) is 13.2 Å². The van der Waals surface area contributed by atoms with Crippen LogP contribution in [0.25, 0.3) is 10.9 Å². The van der Waals surface area contributed by atoms with Gasteiger partial charge in [0.15, 0.2) is 0 Å². The molecule has 0 atom stereocenters. The monoisotopic (exact) mass is 261 g/mol. The van der Waals surface area contributed by atoms with Gasteiger partial charge >= 0.3 is 0 Å². The Kier molecular flexibility index (Phi) is 3.00. The summed E-state index contributed by atoms with van der Waals surface area (Å²) in [6.07, 6.45) is 1.55. The molecule has 100 valence electrons. The third-order valence-electron chi connectivity index (χ3n) is 3.14. The molecule has 0 radical (unpaired) electrons. The highest BCUT2D eigenvalue weighted by Gasteiger charge is 2.17. The van der Waals surface area contributed by atoms with E-state index >= 15 is 0 Å². The molecule has 0 unspecified atom stereocenters. The maximum absolute atomic E-state index is 11.8. The van der Waals surface area contributed by atoms with Gasteiger partial charge in [0.1, 0.15) is 16.7 Å². The van der Waals surface area contributed by atoms with Crippen LogP contribution in [0.4, 0.5) is 11.8 Å². The number of H-pyrrole nitrogens is 1. The number of hydrogen-bond donors (Lipinski definition) is 3. The molecule has 8 nitrogen and oxygen atoms in total. The van der Waals surface area contributed by atoms with E-state index in [0.29, 0.717) is 22.7 Å². The Hall–Kier alpha value is -2.22. The Balaban J connectivity index is 2.14. The van der Waals surface area contributed by atoms with Crippen LogP contribution in [0, 0.1) is 0 Å². The highest BCUT2D eigenvalue weighted by Crippen LogP contribution is 2.19. The molecule has 1 aliphatic heterocycles. The van der Waals surface area contributed by atoms with Crippen LogP contribution in [0.15, 0.2) is 11.0 Å². The van der Waals surface area contributed by atoms with Crippen LogP contribution >= 0.6 is 0 Å². The van der Waals surface area contributed by atoms with E-state index in [1.807, 2.05) is 0 Å². The number of rotatable bonds is 2. The molecule has 0 aromatic carbocycles. The number of anilines is 2. The molecule has 3 heterocycles. The maximum atomic E-state index is 11.8. The van der Waals surface area contributed by atoms with Crippen LogP contribution in [-0.2, 0) is 0 Å². The van der Waals surface area contributed by atoms with E-state index < -0.39 is 0 Å².